The molecule has 1 rings (SSSR count). The van der Waals surface area contributed by atoms with Crippen LogP contribution in [0.4, 0.5) is 0 Å². The Labute approximate surface area is 75.1 Å². The predicted molar refractivity (Wildman–Crippen MR) is 52.2 cm³/mol. The van der Waals surface area contributed by atoms with E-state index in [-0.39, 0.29) is 0 Å². The van der Waals surface area contributed by atoms with Gasteiger partial charge in [0.1, 0.15) is 0 Å². The van der Waals surface area contributed by atoms with Crippen molar-refractivity contribution in [3.8, 4) is 0 Å². The van der Waals surface area contributed by atoms with E-state index in [1.165, 1.54) is 5.57 Å². The van der Waals surface area contributed by atoms with Crippen LogP contribution in [0, 0.1) is 0 Å². The molecule has 0 saturated heterocycles. The lowest BCUT2D eigenvalue weighted by Crippen LogP contribution is -2.13. The Hall–Kier alpha value is -0.560. The van der Waals surface area contributed by atoms with E-state index in [0.29, 0.717) is 6.10 Å². The standard InChI is InChI=1S/C11H18O/c1-3-9-12-11(4-2)10-7-5-6-8-10/h5,7-8,11H,3-4,6,9H2,1-2H3. The van der Waals surface area contributed by atoms with Crippen molar-refractivity contribution in [3.05, 3.63) is 23.8 Å². The summed E-state index contributed by atoms with van der Waals surface area (Å²) in [5.74, 6) is 0. The van der Waals surface area contributed by atoms with Gasteiger partial charge in [0, 0.05) is 6.61 Å². The summed E-state index contributed by atoms with van der Waals surface area (Å²) in [5.41, 5.74) is 1.37. The number of ether oxygens (including phenoxy) is 1. The van der Waals surface area contributed by atoms with E-state index in [4.69, 9.17) is 4.74 Å². The van der Waals surface area contributed by atoms with Crippen LogP contribution in [-0.2, 0) is 4.74 Å². The summed E-state index contributed by atoms with van der Waals surface area (Å²) in [6.45, 7) is 5.20. The highest BCUT2D eigenvalue weighted by molar-refractivity contribution is 5.29. The molecule has 1 atom stereocenters. The minimum atomic E-state index is 0.337. The molecule has 0 aromatic rings. The van der Waals surface area contributed by atoms with Gasteiger partial charge < -0.3 is 4.74 Å². The summed E-state index contributed by atoms with van der Waals surface area (Å²) in [4.78, 5) is 0. The van der Waals surface area contributed by atoms with Gasteiger partial charge in [-0.05, 0) is 24.8 Å². The maximum atomic E-state index is 5.70. The normalized spacial score (nSPS) is 18.0. The van der Waals surface area contributed by atoms with E-state index in [0.717, 1.165) is 25.9 Å². The molecule has 1 heteroatoms. The van der Waals surface area contributed by atoms with Gasteiger partial charge in [-0.2, -0.15) is 0 Å². The van der Waals surface area contributed by atoms with E-state index >= 15 is 0 Å². The van der Waals surface area contributed by atoms with Crippen molar-refractivity contribution >= 4 is 0 Å². The molecule has 68 valence electrons. The van der Waals surface area contributed by atoms with Gasteiger partial charge in [-0.3, -0.25) is 0 Å². The molecule has 0 fully saturated rings. The highest BCUT2D eigenvalue weighted by Gasteiger charge is 2.11. The first kappa shape index (κ1) is 9.53. The molecular formula is C11H18O. The number of hydrogen-bond acceptors (Lipinski definition) is 1. The van der Waals surface area contributed by atoms with Gasteiger partial charge in [-0.15, -0.1) is 0 Å². The zero-order chi connectivity index (χ0) is 8.81. The van der Waals surface area contributed by atoms with Crippen molar-refractivity contribution < 1.29 is 4.74 Å². The van der Waals surface area contributed by atoms with Gasteiger partial charge in [0.15, 0.2) is 0 Å². The van der Waals surface area contributed by atoms with Crippen molar-refractivity contribution in [1.29, 1.82) is 0 Å². The Kier molecular flexibility index (Phi) is 4.09. The summed E-state index contributed by atoms with van der Waals surface area (Å²) in [6, 6.07) is 0. The van der Waals surface area contributed by atoms with Crippen molar-refractivity contribution in [3.63, 3.8) is 0 Å². The minimum Gasteiger partial charge on any atom is -0.374 e. The molecule has 0 aromatic heterocycles. The zero-order valence-electron chi connectivity index (χ0n) is 8.05. The van der Waals surface area contributed by atoms with Crippen LogP contribution in [-0.4, -0.2) is 12.7 Å². The summed E-state index contributed by atoms with van der Waals surface area (Å²) < 4.78 is 5.70. The predicted octanol–water partition coefficient (Wildman–Crippen LogP) is 3.08. The summed E-state index contributed by atoms with van der Waals surface area (Å²) in [7, 11) is 0. The Morgan fingerprint density at radius 1 is 1.50 bits per heavy atom. The average Bonchev–Trinajstić information content (AvgIpc) is 2.59. The van der Waals surface area contributed by atoms with Crippen LogP contribution in [0.5, 0.6) is 0 Å². The molecule has 1 aliphatic rings. The number of allylic oxidation sites excluding steroid dienone is 2. The molecule has 1 unspecified atom stereocenters. The molecule has 0 aliphatic heterocycles. The first-order valence-electron chi connectivity index (χ1n) is 4.86. The van der Waals surface area contributed by atoms with Crippen molar-refractivity contribution in [1.82, 2.24) is 0 Å². The smallest absolute Gasteiger partial charge is 0.0819 e. The fourth-order valence-corrected chi connectivity index (χ4v) is 1.42. The number of hydrogen-bond donors (Lipinski definition) is 0. The summed E-state index contributed by atoms with van der Waals surface area (Å²) in [6.07, 6.45) is 10.2. The van der Waals surface area contributed by atoms with Gasteiger partial charge in [-0.25, -0.2) is 0 Å². The van der Waals surface area contributed by atoms with Crippen LogP contribution in [0.2, 0.25) is 0 Å². The summed E-state index contributed by atoms with van der Waals surface area (Å²) >= 11 is 0. The topological polar surface area (TPSA) is 9.23 Å². The Balaban J connectivity index is 2.38. The molecule has 0 radical (unpaired) electrons. The van der Waals surface area contributed by atoms with Gasteiger partial charge >= 0.3 is 0 Å². The van der Waals surface area contributed by atoms with Crippen LogP contribution in [0.1, 0.15) is 33.1 Å². The molecule has 0 spiro atoms. The lowest BCUT2D eigenvalue weighted by Gasteiger charge is -2.15. The molecule has 1 aliphatic carbocycles. The van der Waals surface area contributed by atoms with Crippen LogP contribution in [0.25, 0.3) is 0 Å². The third kappa shape index (κ3) is 2.49. The van der Waals surface area contributed by atoms with Crippen LogP contribution >= 0.6 is 0 Å². The van der Waals surface area contributed by atoms with E-state index in [2.05, 4.69) is 32.1 Å². The minimum absolute atomic E-state index is 0.337. The third-order valence-corrected chi connectivity index (χ3v) is 2.07. The van der Waals surface area contributed by atoms with Gasteiger partial charge in [0.2, 0.25) is 0 Å². The maximum absolute atomic E-state index is 5.70. The molecule has 0 amide bonds. The molecule has 0 bridgehead atoms. The van der Waals surface area contributed by atoms with Gasteiger partial charge in [0.25, 0.3) is 0 Å². The molecule has 0 aromatic carbocycles. The largest absolute Gasteiger partial charge is 0.374 e. The van der Waals surface area contributed by atoms with Crippen molar-refractivity contribution in [2.24, 2.45) is 0 Å². The Morgan fingerprint density at radius 3 is 2.83 bits per heavy atom. The monoisotopic (exact) mass is 166 g/mol. The molecule has 0 heterocycles. The lowest BCUT2D eigenvalue weighted by molar-refractivity contribution is 0.0778. The second kappa shape index (κ2) is 5.15. The third-order valence-electron chi connectivity index (χ3n) is 2.07. The van der Waals surface area contributed by atoms with E-state index in [9.17, 15) is 0 Å². The SMILES string of the molecule is CCCOC(CC)C1=CCC=C1. The lowest BCUT2D eigenvalue weighted by atomic mass is 10.1. The molecular weight excluding hydrogens is 148 g/mol. The number of rotatable bonds is 5. The van der Waals surface area contributed by atoms with E-state index in [1.54, 1.807) is 0 Å². The highest BCUT2D eigenvalue weighted by atomic mass is 16.5. The average molecular weight is 166 g/mol. The Morgan fingerprint density at radius 2 is 2.33 bits per heavy atom. The maximum Gasteiger partial charge on any atom is 0.0819 e. The quantitative estimate of drug-likeness (QED) is 0.610. The molecule has 0 saturated carbocycles. The first-order chi connectivity index (χ1) is 5.88. The van der Waals surface area contributed by atoms with Crippen LogP contribution in [0.3, 0.4) is 0 Å². The second-order valence-electron chi connectivity index (χ2n) is 3.11. The fraction of sp³-hybridized carbons (Fsp3) is 0.636. The van der Waals surface area contributed by atoms with Crippen LogP contribution in [0.15, 0.2) is 23.8 Å². The second-order valence-corrected chi connectivity index (χ2v) is 3.11. The highest BCUT2D eigenvalue weighted by Crippen LogP contribution is 2.18. The molecule has 0 N–H and O–H groups in total. The molecule has 12 heavy (non-hydrogen) atoms. The Bertz CT molecular complexity index is 179. The zero-order valence-corrected chi connectivity index (χ0v) is 8.05. The molecule has 1 nitrogen and oxygen atoms in total. The fourth-order valence-electron chi connectivity index (χ4n) is 1.42. The summed E-state index contributed by atoms with van der Waals surface area (Å²) in [5, 5.41) is 0. The van der Waals surface area contributed by atoms with Gasteiger partial charge in [0.05, 0.1) is 6.10 Å². The van der Waals surface area contributed by atoms with Crippen LogP contribution < -0.4 is 0 Å². The van der Waals surface area contributed by atoms with E-state index < -0.39 is 0 Å². The van der Waals surface area contributed by atoms with E-state index in [1.807, 2.05) is 0 Å². The van der Waals surface area contributed by atoms with Gasteiger partial charge in [-0.1, -0.05) is 32.1 Å². The van der Waals surface area contributed by atoms with Crippen molar-refractivity contribution in [2.75, 3.05) is 6.61 Å². The first-order valence-corrected chi connectivity index (χ1v) is 4.86. The van der Waals surface area contributed by atoms with Crippen molar-refractivity contribution in [2.45, 2.75) is 39.2 Å².